The van der Waals surface area contributed by atoms with E-state index in [0.29, 0.717) is 23.4 Å². The molecule has 1 rings (SSSR count). The Hall–Kier alpha value is -2.64. The number of aromatic nitrogens is 1. The van der Waals surface area contributed by atoms with E-state index in [4.69, 9.17) is 4.74 Å². The number of amides is 3. The van der Waals surface area contributed by atoms with Crippen LogP contribution in [0, 0.1) is 13.8 Å². The molecule has 23 heavy (non-hydrogen) atoms. The Bertz CT molecular complexity index is 633. The van der Waals surface area contributed by atoms with Crippen molar-refractivity contribution in [2.45, 2.75) is 34.1 Å². The van der Waals surface area contributed by atoms with E-state index in [9.17, 15) is 19.2 Å². The minimum Gasteiger partial charge on any atom is -0.451 e. The summed E-state index contributed by atoms with van der Waals surface area (Å²) >= 11 is 0. The van der Waals surface area contributed by atoms with Crippen molar-refractivity contribution in [3.63, 3.8) is 0 Å². The lowest BCUT2D eigenvalue weighted by molar-refractivity contribution is -0.123. The van der Waals surface area contributed by atoms with Gasteiger partial charge in [0, 0.05) is 17.8 Å². The number of carbonyl (C=O) groups is 4. The molecular weight excluding hydrogens is 302 g/mol. The van der Waals surface area contributed by atoms with Crippen LogP contribution in [0.25, 0.3) is 0 Å². The molecule has 126 valence electrons. The van der Waals surface area contributed by atoms with Gasteiger partial charge in [0.1, 0.15) is 5.69 Å². The van der Waals surface area contributed by atoms with E-state index in [1.54, 1.807) is 13.8 Å². The van der Waals surface area contributed by atoms with Crippen LogP contribution in [0.2, 0.25) is 0 Å². The highest BCUT2D eigenvalue weighted by Crippen LogP contribution is 2.19. The molecule has 0 aromatic carbocycles. The van der Waals surface area contributed by atoms with Gasteiger partial charge in [0.2, 0.25) is 0 Å². The third kappa shape index (κ3) is 4.94. The van der Waals surface area contributed by atoms with Gasteiger partial charge in [0.05, 0.1) is 0 Å². The van der Waals surface area contributed by atoms with Crippen molar-refractivity contribution in [1.82, 2.24) is 15.6 Å². The average Bonchev–Trinajstić information content (AvgIpc) is 2.77. The minimum atomic E-state index is -0.762. The van der Waals surface area contributed by atoms with Gasteiger partial charge in [-0.05, 0) is 32.8 Å². The first-order valence-electron chi connectivity index (χ1n) is 7.22. The Morgan fingerprint density at radius 3 is 2.35 bits per heavy atom. The molecule has 0 saturated heterocycles. The third-order valence-corrected chi connectivity index (χ3v) is 3.12. The van der Waals surface area contributed by atoms with Crippen LogP contribution in [0.4, 0.5) is 4.79 Å². The van der Waals surface area contributed by atoms with E-state index in [2.05, 4.69) is 10.3 Å². The van der Waals surface area contributed by atoms with Crippen LogP contribution in [0.15, 0.2) is 0 Å². The summed E-state index contributed by atoms with van der Waals surface area (Å²) < 4.78 is 4.85. The molecule has 3 N–H and O–H groups in total. The van der Waals surface area contributed by atoms with E-state index < -0.39 is 24.5 Å². The molecule has 0 unspecified atom stereocenters. The normalized spacial score (nSPS) is 10.1. The monoisotopic (exact) mass is 323 g/mol. The number of hydrogen-bond donors (Lipinski definition) is 3. The average molecular weight is 323 g/mol. The first-order chi connectivity index (χ1) is 10.8. The number of aryl methyl sites for hydroxylation is 1. The van der Waals surface area contributed by atoms with Crippen LogP contribution >= 0.6 is 0 Å². The van der Waals surface area contributed by atoms with Crippen molar-refractivity contribution in [2.24, 2.45) is 0 Å². The van der Waals surface area contributed by atoms with Gasteiger partial charge in [0.15, 0.2) is 12.4 Å². The predicted octanol–water partition coefficient (Wildman–Crippen LogP) is 1.23. The van der Waals surface area contributed by atoms with Crippen molar-refractivity contribution >= 4 is 23.7 Å². The fourth-order valence-corrected chi connectivity index (χ4v) is 2.13. The molecule has 0 aliphatic carbocycles. The Morgan fingerprint density at radius 1 is 1.17 bits per heavy atom. The molecule has 0 fully saturated rings. The van der Waals surface area contributed by atoms with Gasteiger partial charge in [-0.1, -0.05) is 6.92 Å². The number of ether oxygens (including phenoxy) is 1. The fraction of sp³-hybridized carbons (Fsp3) is 0.467. The van der Waals surface area contributed by atoms with E-state index in [1.807, 2.05) is 12.2 Å². The molecule has 0 bridgehead atoms. The highest BCUT2D eigenvalue weighted by Gasteiger charge is 2.21. The zero-order chi connectivity index (χ0) is 17.6. The van der Waals surface area contributed by atoms with Crippen LogP contribution in [-0.4, -0.2) is 41.8 Å². The molecule has 0 saturated carbocycles. The summed E-state index contributed by atoms with van der Waals surface area (Å²) in [6, 6.07) is -0.640. The highest BCUT2D eigenvalue weighted by atomic mass is 16.5. The first-order valence-corrected chi connectivity index (χ1v) is 7.22. The van der Waals surface area contributed by atoms with E-state index >= 15 is 0 Å². The number of ketones is 1. The number of rotatable bonds is 6. The van der Waals surface area contributed by atoms with E-state index in [-0.39, 0.29) is 11.5 Å². The van der Waals surface area contributed by atoms with Crippen LogP contribution in [0.3, 0.4) is 0 Å². The molecule has 0 aliphatic heterocycles. The molecule has 1 aromatic heterocycles. The van der Waals surface area contributed by atoms with Crippen molar-refractivity contribution in [3.05, 3.63) is 22.5 Å². The summed E-state index contributed by atoms with van der Waals surface area (Å²) in [5, 5.41) is 4.50. The summed E-state index contributed by atoms with van der Waals surface area (Å²) in [6.45, 7) is 6.42. The second-order valence-corrected chi connectivity index (χ2v) is 5.06. The van der Waals surface area contributed by atoms with E-state index in [0.717, 1.165) is 6.42 Å². The lowest BCUT2D eigenvalue weighted by atomic mass is 10.1. The van der Waals surface area contributed by atoms with Gasteiger partial charge < -0.3 is 15.0 Å². The van der Waals surface area contributed by atoms with Gasteiger partial charge in [-0.25, -0.2) is 9.59 Å². The second-order valence-electron chi connectivity index (χ2n) is 5.06. The van der Waals surface area contributed by atoms with Crippen LogP contribution < -0.4 is 10.6 Å². The first kappa shape index (κ1) is 18.4. The van der Waals surface area contributed by atoms with Gasteiger partial charge in [-0.15, -0.1) is 0 Å². The molecule has 1 heterocycles. The van der Waals surface area contributed by atoms with Gasteiger partial charge in [-0.2, -0.15) is 0 Å². The maximum absolute atomic E-state index is 12.0. The number of esters is 1. The predicted molar refractivity (Wildman–Crippen MR) is 82.4 cm³/mol. The lowest BCUT2D eigenvalue weighted by Gasteiger charge is -2.06. The standard InChI is InChI=1S/C15H21N3O5/c1-5-6-16-15(22)18-11(20)7-23-14(21)13-8(2)12(10(4)19)9(3)17-13/h17H,5-7H2,1-4H3,(H2,16,18,20,22). The molecule has 0 atom stereocenters. The molecule has 1 aromatic rings. The molecule has 3 amide bonds. The smallest absolute Gasteiger partial charge is 0.355 e. The largest absolute Gasteiger partial charge is 0.451 e. The zero-order valence-corrected chi connectivity index (χ0v) is 13.7. The van der Waals surface area contributed by atoms with Crippen molar-refractivity contribution in [1.29, 1.82) is 0 Å². The van der Waals surface area contributed by atoms with Crippen molar-refractivity contribution in [2.75, 3.05) is 13.2 Å². The second kappa shape index (κ2) is 8.11. The zero-order valence-electron chi connectivity index (χ0n) is 13.7. The summed E-state index contributed by atoms with van der Waals surface area (Å²) in [7, 11) is 0. The summed E-state index contributed by atoms with van der Waals surface area (Å²) in [4.78, 5) is 49.0. The Labute approximate surface area is 134 Å². The Balaban J connectivity index is 2.61. The number of H-pyrrole nitrogens is 1. The molecular formula is C15H21N3O5. The van der Waals surface area contributed by atoms with Crippen LogP contribution in [-0.2, 0) is 9.53 Å². The number of carbonyl (C=O) groups excluding carboxylic acids is 4. The Morgan fingerprint density at radius 2 is 1.83 bits per heavy atom. The highest BCUT2D eigenvalue weighted by molar-refractivity contribution is 6.01. The van der Waals surface area contributed by atoms with Gasteiger partial charge >= 0.3 is 12.0 Å². The number of hydrogen-bond acceptors (Lipinski definition) is 5. The topological polar surface area (TPSA) is 117 Å². The molecule has 0 radical (unpaired) electrons. The van der Waals surface area contributed by atoms with E-state index in [1.165, 1.54) is 6.92 Å². The van der Waals surface area contributed by atoms with Crippen molar-refractivity contribution in [3.8, 4) is 0 Å². The quantitative estimate of drug-likeness (QED) is 0.537. The fourth-order valence-electron chi connectivity index (χ4n) is 2.13. The summed E-state index contributed by atoms with van der Waals surface area (Å²) in [5.41, 5.74) is 1.59. The maximum atomic E-state index is 12.0. The van der Waals surface area contributed by atoms with Crippen molar-refractivity contribution < 1.29 is 23.9 Å². The Kier molecular flexibility index (Phi) is 6.49. The number of imide groups is 1. The number of nitrogens with one attached hydrogen (secondary N) is 3. The minimum absolute atomic E-state index is 0.121. The molecule has 8 nitrogen and oxygen atoms in total. The van der Waals surface area contributed by atoms with Gasteiger partial charge in [-0.3, -0.25) is 14.9 Å². The SMILES string of the molecule is CCCNC(=O)NC(=O)COC(=O)c1[nH]c(C)c(C(C)=O)c1C. The van der Waals surface area contributed by atoms with Gasteiger partial charge in [0.25, 0.3) is 5.91 Å². The molecule has 8 heteroatoms. The maximum Gasteiger partial charge on any atom is 0.355 e. The summed E-state index contributed by atoms with van der Waals surface area (Å²) in [5.74, 6) is -1.66. The number of aromatic amines is 1. The number of Topliss-reactive ketones (excluding diaryl/α,β-unsaturated/α-hetero) is 1. The molecule has 0 aliphatic rings. The van der Waals surface area contributed by atoms with Crippen LogP contribution in [0.1, 0.15) is 52.4 Å². The third-order valence-electron chi connectivity index (χ3n) is 3.12. The number of urea groups is 1. The summed E-state index contributed by atoms with van der Waals surface area (Å²) in [6.07, 6.45) is 0.737. The molecule has 0 spiro atoms. The lowest BCUT2D eigenvalue weighted by Crippen LogP contribution is -2.41. The van der Waals surface area contributed by atoms with Crippen LogP contribution in [0.5, 0.6) is 0 Å².